The maximum atomic E-state index is 4.24. The summed E-state index contributed by atoms with van der Waals surface area (Å²) < 4.78 is 1.14. The Morgan fingerprint density at radius 1 is 1.30 bits per heavy atom. The second-order valence-electron chi connectivity index (χ2n) is 1.85. The van der Waals surface area contributed by atoms with Crippen molar-refractivity contribution in [1.29, 1.82) is 0 Å². The van der Waals surface area contributed by atoms with Crippen LogP contribution in [0.2, 0.25) is 0 Å². The maximum absolute atomic E-state index is 4.24. The Kier molecular flexibility index (Phi) is 4.83. The summed E-state index contributed by atoms with van der Waals surface area (Å²) in [5.41, 5.74) is 1.29. The number of thiophene rings is 1. The van der Waals surface area contributed by atoms with E-state index in [1.54, 1.807) is 11.3 Å². The van der Waals surface area contributed by atoms with Crippen LogP contribution in [0.1, 0.15) is 24.3 Å². The Bertz CT molecular complexity index is 170. The van der Waals surface area contributed by atoms with E-state index in [1.807, 2.05) is 13.8 Å². The molecule has 0 amide bonds. The van der Waals surface area contributed by atoms with Crippen LogP contribution in [0.3, 0.4) is 0 Å². The predicted molar refractivity (Wildman–Crippen MR) is 52.4 cm³/mol. The minimum atomic E-state index is 1.14. The summed E-state index contributed by atoms with van der Waals surface area (Å²) in [4.78, 5) is 1.34. The van der Waals surface area contributed by atoms with Crippen LogP contribution in [0, 0.1) is 13.8 Å². The lowest BCUT2D eigenvalue weighted by atomic mass is 10.4. The van der Waals surface area contributed by atoms with Gasteiger partial charge in [0.1, 0.15) is 0 Å². The summed E-state index contributed by atoms with van der Waals surface area (Å²) in [5.74, 6) is 0. The molecule has 1 aromatic rings. The van der Waals surface area contributed by atoms with Crippen LogP contribution in [0.5, 0.6) is 0 Å². The molecule has 2 heteroatoms. The highest BCUT2D eigenvalue weighted by Crippen LogP contribution is 2.23. The van der Waals surface area contributed by atoms with E-state index in [1.165, 1.54) is 10.4 Å². The van der Waals surface area contributed by atoms with Crippen LogP contribution in [0.15, 0.2) is 10.3 Å². The molecule has 1 heterocycles. The van der Waals surface area contributed by atoms with E-state index in [2.05, 4.69) is 32.5 Å². The quantitative estimate of drug-likeness (QED) is 0.570. The molecule has 0 aliphatic heterocycles. The van der Waals surface area contributed by atoms with E-state index >= 15 is 0 Å². The molecule has 10 heavy (non-hydrogen) atoms. The molecule has 0 aliphatic carbocycles. The molecule has 0 N–H and O–H groups in total. The van der Waals surface area contributed by atoms with Crippen molar-refractivity contribution in [3.05, 3.63) is 16.5 Å². The van der Waals surface area contributed by atoms with Crippen molar-refractivity contribution < 1.29 is 0 Å². The Morgan fingerprint density at radius 3 is 1.90 bits per heavy atom. The SMILES string of the molecule is CC.Cc1cc(C)c(S)s1. The summed E-state index contributed by atoms with van der Waals surface area (Å²) in [7, 11) is 0. The highest BCUT2D eigenvalue weighted by atomic mass is 32.2. The molecular weight excluding hydrogens is 160 g/mol. The van der Waals surface area contributed by atoms with E-state index < -0.39 is 0 Å². The number of rotatable bonds is 0. The third-order valence-corrected chi connectivity index (χ3v) is 2.60. The van der Waals surface area contributed by atoms with E-state index in [-0.39, 0.29) is 0 Å². The van der Waals surface area contributed by atoms with Gasteiger partial charge in [-0.25, -0.2) is 0 Å². The van der Waals surface area contributed by atoms with Crippen LogP contribution < -0.4 is 0 Å². The monoisotopic (exact) mass is 174 g/mol. The second kappa shape index (κ2) is 4.80. The van der Waals surface area contributed by atoms with Crippen LogP contribution in [0.4, 0.5) is 0 Å². The van der Waals surface area contributed by atoms with E-state index in [4.69, 9.17) is 0 Å². The van der Waals surface area contributed by atoms with Gasteiger partial charge >= 0.3 is 0 Å². The molecule has 0 atom stereocenters. The Hall–Kier alpha value is 0.0500. The van der Waals surface area contributed by atoms with Crippen molar-refractivity contribution in [3.63, 3.8) is 0 Å². The highest BCUT2D eigenvalue weighted by molar-refractivity contribution is 7.83. The lowest BCUT2D eigenvalue weighted by Crippen LogP contribution is -1.57. The lowest BCUT2D eigenvalue weighted by molar-refractivity contribution is 1.42. The average Bonchev–Trinajstić information content (AvgIpc) is 2.16. The largest absolute Gasteiger partial charge is 0.134 e. The van der Waals surface area contributed by atoms with Crippen molar-refractivity contribution in [2.24, 2.45) is 0 Å². The van der Waals surface area contributed by atoms with E-state index in [0.717, 1.165) is 4.21 Å². The zero-order valence-electron chi connectivity index (χ0n) is 6.93. The first kappa shape index (κ1) is 10.0. The molecule has 0 spiro atoms. The Balaban J connectivity index is 0.000000371. The first-order valence-electron chi connectivity index (χ1n) is 3.46. The molecule has 0 unspecified atom stereocenters. The van der Waals surface area contributed by atoms with Gasteiger partial charge < -0.3 is 0 Å². The van der Waals surface area contributed by atoms with Crippen molar-refractivity contribution >= 4 is 24.0 Å². The van der Waals surface area contributed by atoms with Crippen LogP contribution in [-0.2, 0) is 0 Å². The van der Waals surface area contributed by atoms with E-state index in [0.29, 0.717) is 0 Å². The third kappa shape index (κ3) is 2.76. The third-order valence-electron chi connectivity index (χ3n) is 1.01. The minimum Gasteiger partial charge on any atom is -0.134 e. The van der Waals surface area contributed by atoms with Crippen LogP contribution >= 0.6 is 24.0 Å². The lowest BCUT2D eigenvalue weighted by Gasteiger charge is -1.78. The first-order chi connectivity index (χ1) is 4.70. The van der Waals surface area contributed by atoms with Gasteiger partial charge in [-0.2, -0.15) is 0 Å². The number of thiol groups is 1. The summed E-state index contributed by atoms with van der Waals surface area (Å²) in [6, 6.07) is 2.15. The Labute approximate surface area is 72.7 Å². The molecule has 0 saturated carbocycles. The molecule has 0 bridgehead atoms. The highest BCUT2D eigenvalue weighted by Gasteiger charge is 1.94. The maximum Gasteiger partial charge on any atom is 0.0600 e. The number of aryl methyl sites for hydroxylation is 2. The van der Waals surface area contributed by atoms with Gasteiger partial charge in [0.2, 0.25) is 0 Å². The fourth-order valence-electron chi connectivity index (χ4n) is 0.629. The number of hydrogen-bond donors (Lipinski definition) is 1. The van der Waals surface area contributed by atoms with Crippen LogP contribution in [-0.4, -0.2) is 0 Å². The summed E-state index contributed by atoms with van der Waals surface area (Å²) in [5, 5.41) is 0. The summed E-state index contributed by atoms with van der Waals surface area (Å²) >= 11 is 5.97. The van der Waals surface area contributed by atoms with Crippen LogP contribution in [0.25, 0.3) is 0 Å². The molecule has 58 valence electrons. The standard InChI is InChI=1S/C6H8S2.C2H6/c1-4-3-5(2)8-6(4)7;1-2/h3,7H,1-2H3;1-2H3. The van der Waals surface area contributed by atoms with Crippen molar-refractivity contribution in [1.82, 2.24) is 0 Å². The molecule has 0 fully saturated rings. The van der Waals surface area contributed by atoms with Crippen molar-refractivity contribution in [2.45, 2.75) is 31.9 Å². The molecular formula is C8H14S2. The van der Waals surface area contributed by atoms with Gasteiger partial charge in [0, 0.05) is 4.88 Å². The predicted octanol–water partition coefficient (Wildman–Crippen LogP) is 3.68. The zero-order valence-corrected chi connectivity index (χ0v) is 8.64. The molecule has 0 saturated heterocycles. The average molecular weight is 174 g/mol. The molecule has 1 rings (SSSR count). The van der Waals surface area contributed by atoms with Gasteiger partial charge in [0.15, 0.2) is 0 Å². The minimum absolute atomic E-state index is 1.14. The molecule has 0 nitrogen and oxygen atoms in total. The summed E-state index contributed by atoms with van der Waals surface area (Å²) in [6.07, 6.45) is 0. The summed E-state index contributed by atoms with van der Waals surface area (Å²) in [6.45, 7) is 8.17. The van der Waals surface area contributed by atoms with Gasteiger partial charge in [0.25, 0.3) is 0 Å². The number of hydrogen-bond acceptors (Lipinski definition) is 2. The molecule has 0 aliphatic rings. The molecule has 1 aromatic heterocycles. The van der Waals surface area contributed by atoms with Gasteiger partial charge in [0.05, 0.1) is 4.21 Å². The fourth-order valence-corrected chi connectivity index (χ4v) is 1.89. The van der Waals surface area contributed by atoms with E-state index in [9.17, 15) is 0 Å². The smallest absolute Gasteiger partial charge is 0.0600 e. The van der Waals surface area contributed by atoms with Gasteiger partial charge in [-0.15, -0.1) is 24.0 Å². The molecule has 0 aromatic carbocycles. The van der Waals surface area contributed by atoms with Gasteiger partial charge in [-0.05, 0) is 25.5 Å². The second-order valence-corrected chi connectivity index (χ2v) is 3.85. The van der Waals surface area contributed by atoms with Gasteiger partial charge in [-0.3, -0.25) is 0 Å². The zero-order chi connectivity index (χ0) is 8.15. The topological polar surface area (TPSA) is 0 Å². The Morgan fingerprint density at radius 2 is 1.80 bits per heavy atom. The van der Waals surface area contributed by atoms with Gasteiger partial charge in [-0.1, -0.05) is 13.8 Å². The van der Waals surface area contributed by atoms with Crippen molar-refractivity contribution in [2.75, 3.05) is 0 Å². The molecule has 0 radical (unpaired) electrons. The van der Waals surface area contributed by atoms with Crippen molar-refractivity contribution in [3.8, 4) is 0 Å². The fraction of sp³-hybridized carbons (Fsp3) is 0.500. The normalized spacial score (nSPS) is 8.50. The first-order valence-corrected chi connectivity index (χ1v) is 4.72.